The zero-order valence-electron chi connectivity index (χ0n) is 9.76. The van der Waals surface area contributed by atoms with Crippen LogP contribution >= 0.6 is 0 Å². The highest BCUT2D eigenvalue weighted by molar-refractivity contribution is 7.90. The van der Waals surface area contributed by atoms with E-state index in [4.69, 9.17) is 5.73 Å². The van der Waals surface area contributed by atoms with Crippen molar-refractivity contribution in [2.45, 2.75) is 29.3 Å². The van der Waals surface area contributed by atoms with Crippen LogP contribution in [0.3, 0.4) is 0 Å². The van der Waals surface area contributed by atoms with Gasteiger partial charge in [-0.25, -0.2) is 8.42 Å². The zero-order chi connectivity index (χ0) is 12.7. The predicted octanol–water partition coefficient (Wildman–Crippen LogP) is 0.441. The summed E-state index contributed by atoms with van der Waals surface area (Å²) in [6, 6.07) is 6.87. The van der Waals surface area contributed by atoms with Crippen LogP contribution in [0.15, 0.2) is 29.2 Å². The summed E-state index contributed by atoms with van der Waals surface area (Å²) in [4.78, 5) is 0.309. The molecule has 3 N–H and O–H groups in total. The normalized spacial score (nSPS) is 28.8. The molecule has 94 valence electrons. The van der Waals surface area contributed by atoms with E-state index in [9.17, 15) is 13.5 Å². The van der Waals surface area contributed by atoms with Crippen LogP contribution in [0.5, 0.6) is 0 Å². The van der Waals surface area contributed by atoms with Gasteiger partial charge >= 0.3 is 0 Å². The second-order valence-corrected chi connectivity index (χ2v) is 6.86. The van der Waals surface area contributed by atoms with E-state index in [1.54, 1.807) is 18.2 Å². The Morgan fingerprint density at radius 2 is 2.12 bits per heavy atom. The maximum atomic E-state index is 11.5. The van der Waals surface area contributed by atoms with Gasteiger partial charge in [0.2, 0.25) is 0 Å². The first-order valence-corrected chi connectivity index (χ1v) is 7.45. The van der Waals surface area contributed by atoms with E-state index in [0.717, 1.165) is 5.56 Å². The van der Waals surface area contributed by atoms with Gasteiger partial charge in [0.1, 0.15) is 0 Å². The van der Waals surface area contributed by atoms with Gasteiger partial charge in [0.05, 0.1) is 11.0 Å². The quantitative estimate of drug-likeness (QED) is 0.821. The Labute approximate surface area is 101 Å². The number of rotatable bonds is 3. The summed E-state index contributed by atoms with van der Waals surface area (Å²) in [6.07, 6.45) is 2.09. The predicted molar refractivity (Wildman–Crippen MR) is 65.5 cm³/mol. The second-order valence-electron chi connectivity index (χ2n) is 4.85. The van der Waals surface area contributed by atoms with Crippen LogP contribution in [0.4, 0.5) is 0 Å². The number of hydrogen-bond donors (Lipinski definition) is 2. The molecule has 0 bridgehead atoms. The van der Waals surface area contributed by atoms with Crippen molar-refractivity contribution in [1.29, 1.82) is 0 Å². The van der Waals surface area contributed by atoms with Gasteiger partial charge in [-0.2, -0.15) is 0 Å². The molecule has 0 spiro atoms. The maximum Gasteiger partial charge on any atom is 0.175 e. The third-order valence-corrected chi connectivity index (χ3v) is 4.63. The Morgan fingerprint density at radius 3 is 2.59 bits per heavy atom. The van der Waals surface area contributed by atoms with Crippen LogP contribution in [-0.2, 0) is 15.3 Å². The molecule has 17 heavy (non-hydrogen) atoms. The van der Waals surface area contributed by atoms with E-state index < -0.39 is 9.84 Å². The molecule has 0 aliphatic heterocycles. The molecule has 1 aromatic rings. The summed E-state index contributed by atoms with van der Waals surface area (Å²) in [6.45, 7) is 0.428. The minimum Gasteiger partial charge on any atom is -0.393 e. The van der Waals surface area contributed by atoms with Crippen LogP contribution in [0, 0.1) is 0 Å². The largest absolute Gasteiger partial charge is 0.393 e. The molecule has 2 rings (SSSR count). The smallest absolute Gasteiger partial charge is 0.175 e. The van der Waals surface area contributed by atoms with E-state index in [2.05, 4.69) is 0 Å². The van der Waals surface area contributed by atoms with Gasteiger partial charge in [-0.05, 0) is 30.5 Å². The molecule has 0 unspecified atom stereocenters. The standard InChI is InChI=1S/C12H17NO3S/c1-17(15,16)11-4-2-3-9(5-11)12(8-13)6-10(14)7-12/h2-5,10,14H,6-8,13H2,1H3. The molecule has 5 heteroatoms. The fourth-order valence-electron chi connectivity index (χ4n) is 2.42. The molecule has 4 nitrogen and oxygen atoms in total. The second kappa shape index (κ2) is 4.08. The summed E-state index contributed by atoms with van der Waals surface area (Å²) in [5, 5.41) is 9.43. The molecule has 0 aromatic heterocycles. The van der Waals surface area contributed by atoms with E-state index in [1.165, 1.54) is 6.26 Å². The van der Waals surface area contributed by atoms with E-state index in [1.807, 2.05) is 6.07 Å². The van der Waals surface area contributed by atoms with Crippen LogP contribution in [0.1, 0.15) is 18.4 Å². The monoisotopic (exact) mass is 255 g/mol. The van der Waals surface area contributed by atoms with Gasteiger partial charge in [0.25, 0.3) is 0 Å². The van der Waals surface area contributed by atoms with Gasteiger partial charge in [0.15, 0.2) is 9.84 Å². The molecule has 1 aliphatic rings. The zero-order valence-corrected chi connectivity index (χ0v) is 10.6. The lowest BCUT2D eigenvalue weighted by atomic mass is 9.63. The minimum absolute atomic E-state index is 0.250. The fraction of sp³-hybridized carbons (Fsp3) is 0.500. The number of nitrogens with two attached hydrogens (primary N) is 1. The lowest BCUT2D eigenvalue weighted by molar-refractivity contribution is 0.0221. The van der Waals surface area contributed by atoms with Crippen molar-refractivity contribution in [1.82, 2.24) is 0 Å². The first-order chi connectivity index (χ1) is 7.87. The molecule has 0 atom stereocenters. The van der Waals surface area contributed by atoms with E-state index in [-0.39, 0.29) is 11.5 Å². The lowest BCUT2D eigenvalue weighted by Gasteiger charge is -2.45. The van der Waals surface area contributed by atoms with Gasteiger partial charge in [-0.3, -0.25) is 0 Å². The summed E-state index contributed by atoms with van der Waals surface area (Å²) in [5.74, 6) is 0. The van der Waals surface area contributed by atoms with Gasteiger partial charge in [-0.1, -0.05) is 12.1 Å². The average Bonchev–Trinajstić information content (AvgIpc) is 2.23. The highest BCUT2D eigenvalue weighted by Crippen LogP contribution is 2.43. The van der Waals surface area contributed by atoms with Gasteiger partial charge < -0.3 is 10.8 Å². The molecule has 1 aromatic carbocycles. The first-order valence-electron chi connectivity index (χ1n) is 5.56. The third-order valence-electron chi connectivity index (χ3n) is 3.52. The topological polar surface area (TPSA) is 80.4 Å². The highest BCUT2D eigenvalue weighted by Gasteiger charge is 2.43. The SMILES string of the molecule is CS(=O)(=O)c1cccc(C2(CN)CC(O)C2)c1. The van der Waals surface area contributed by atoms with Crippen LogP contribution in [0.25, 0.3) is 0 Å². The Morgan fingerprint density at radius 1 is 1.47 bits per heavy atom. The number of hydrogen-bond acceptors (Lipinski definition) is 4. The van der Waals surface area contributed by atoms with Crippen LogP contribution in [-0.4, -0.2) is 32.4 Å². The van der Waals surface area contributed by atoms with Crippen LogP contribution in [0.2, 0.25) is 0 Å². The number of aliphatic hydroxyl groups excluding tert-OH is 1. The van der Waals surface area contributed by atoms with Crippen molar-refractivity contribution in [2.24, 2.45) is 5.73 Å². The summed E-state index contributed by atoms with van der Waals surface area (Å²) < 4.78 is 23.0. The van der Waals surface area contributed by atoms with Gasteiger partial charge in [0, 0.05) is 18.2 Å². The van der Waals surface area contributed by atoms with Crippen molar-refractivity contribution < 1.29 is 13.5 Å². The first kappa shape index (κ1) is 12.5. The summed E-state index contributed by atoms with van der Waals surface area (Å²) >= 11 is 0. The number of benzene rings is 1. The molecule has 1 aliphatic carbocycles. The summed E-state index contributed by atoms with van der Waals surface area (Å²) in [7, 11) is -3.19. The minimum atomic E-state index is -3.19. The van der Waals surface area contributed by atoms with Gasteiger partial charge in [-0.15, -0.1) is 0 Å². The third kappa shape index (κ3) is 2.22. The Bertz CT molecular complexity index is 518. The lowest BCUT2D eigenvalue weighted by Crippen LogP contribution is -2.49. The van der Waals surface area contributed by atoms with Crippen molar-refractivity contribution in [3.05, 3.63) is 29.8 Å². The molecular weight excluding hydrogens is 238 g/mol. The molecule has 0 heterocycles. The van der Waals surface area contributed by atoms with E-state index in [0.29, 0.717) is 24.3 Å². The Kier molecular flexibility index (Phi) is 3.01. The fourth-order valence-corrected chi connectivity index (χ4v) is 3.09. The summed E-state index contributed by atoms with van der Waals surface area (Å²) in [5.41, 5.74) is 6.42. The van der Waals surface area contributed by atoms with Crippen molar-refractivity contribution in [3.8, 4) is 0 Å². The van der Waals surface area contributed by atoms with Crippen molar-refractivity contribution in [2.75, 3.05) is 12.8 Å². The van der Waals surface area contributed by atoms with E-state index >= 15 is 0 Å². The maximum absolute atomic E-state index is 11.5. The number of aliphatic hydroxyl groups is 1. The molecule has 0 radical (unpaired) electrons. The molecule has 0 amide bonds. The Balaban J connectivity index is 2.40. The number of sulfone groups is 1. The molecule has 1 fully saturated rings. The highest BCUT2D eigenvalue weighted by atomic mass is 32.2. The molecule has 1 saturated carbocycles. The molecular formula is C12H17NO3S. The molecule has 0 saturated heterocycles. The van der Waals surface area contributed by atoms with Crippen LogP contribution < -0.4 is 5.73 Å². The average molecular weight is 255 g/mol. The van der Waals surface area contributed by atoms with Crippen molar-refractivity contribution in [3.63, 3.8) is 0 Å². The van der Waals surface area contributed by atoms with Crippen molar-refractivity contribution >= 4 is 9.84 Å². The Hall–Kier alpha value is -0.910.